The molecular formula is C21H14BrCl3N2O2. The first-order valence-corrected chi connectivity index (χ1v) is 10.3. The molecule has 0 radical (unpaired) electrons. The molecule has 3 rings (SSSR count). The van der Waals surface area contributed by atoms with Gasteiger partial charge in [-0.05, 0) is 54.1 Å². The molecule has 148 valence electrons. The summed E-state index contributed by atoms with van der Waals surface area (Å²) in [5.41, 5.74) is 4.40. The van der Waals surface area contributed by atoms with Gasteiger partial charge in [0.15, 0.2) is 0 Å². The average Bonchev–Trinajstić information content (AvgIpc) is 2.68. The maximum Gasteiger partial charge on any atom is 0.272 e. The van der Waals surface area contributed by atoms with Crippen LogP contribution in [-0.4, -0.2) is 12.1 Å². The van der Waals surface area contributed by atoms with Crippen LogP contribution in [0.1, 0.15) is 21.5 Å². The van der Waals surface area contributed by atoms with Crippen molar-refractivity contribution in [2.24, 2.45) is 5.10 Å². The van der Waals surface area contributed by atoms with Crippen molar-refractivity contribution < 1.29 is 9.53 Å². The quantitative estimate of drug-likeness (QED) is 0.293. The average molecular weight is 513 g/mol. The molecule has 1 N–H and O–H groups in total. The summed E-state index contributed by atoms with van der Waals surface area (Å²) < 4.78 is 6.74. The number of hydrogen-bond acceptors (Lipinski definition) is 3. The lowest BCUT2D eigenvalue weighted by Crippen LogP contribution is -2.18. The molecule has 0 spiro atoms. The van der Waals surface area contributed by atoms with E-state index in [1.165, 1.54) is 18.3 Å². The van der Waals surface area contributed by atoms with Gasteiger partial charge in [-0.1, -0.05) is 62.9 Å². The second-order valence-corrected chi connectivity index (χ2v) is 8.12. The highest BCUT2D eigenvalue weighted by molar-refractivity contribution is 9.10. The molecule has 0 aliphatic carbocycles. The summed E-state index contributed by atoms with van der Waals surface area (Å²) >= 11 is 21.2. The molecular weight excluding hydrogens is 499 g/mol. The van der Waals surface area contributed by atoms with Crippen LogP contribution in [0.15, 0.2) is 70.2 Å². The summed E-state index contributed by atoms with van der Waals surface area (Å²) in [6.45, 7) is 0.367. The SMILES string of the molecule is O=C(N/N=C\c1cc(Br)ccc1OCc1ccc(Cl)cc1)c1ccc(Cl)cc1Cl. The molecule has 0 saturated carbocycles. The van der Waals surface area contributed by atoms with Crippen LogP contribution >= 0.6 is 50.7 Å². The van der Waals surface area contributed by atoms with Gasteiger partial charge >= 0.3 is 0 Å². The van der Waals surface area contributed by atoms with Crippen molar-refractivity contribution in [1.29, 1.82) is 0 Å². The van der Waals surface area contributed by atoms with Gasteiger partial charge in [-0.3, -0.25) is 4.79 Å². The fraction of sp³-hybridized carbons (Fsp3) is 0.0476. The topological polar surface area (TPSA) is 50.7 Å². The maximum absolute atomic E-state index is 12.3. The van der Waals surface area contributed by atoms with Gasteiger partial charge in [-0.15, -0.1) is 0 Å². The Kier molecular flexibility index (Phi) is 7.56. The molecule has 1 amide bonds. The summed E-state index contributed by atoms with van der Waals surface area (Å²) in [5.74, 6) is 0.173. The number of hydrazone groups is 1. The Bertz CT molecular complexity index is 1060. The second kappa shape index (κ2) is 10.1. The summed E-state index contributed by atoms with van der Waals surface area (Å²) in [4.78, 5) is 12.3. The molecule has 0 atom stereocenters. The monoisotopic (exact) mass is 510 g/mol. The molecule has 0 aromatic heterocycles. The first-order chi connectivity index (χ1) is 13.9. The number of benzene rings is 3. The van der Waals surface area contributed by atoms with E-state index in [1.54, 1.807) is 6.07 Å². The van der Waals surface area contributed by atoms with Gasteiger partial charge in [0, 0.05) is 20.1 Å². The molecule has 4 nitrogen and oxygen atoms in total. The number of rotatable bonds is 6. The van der Waals surface area contributed by atoms with Crippen molar-refractivity contribution >= 4 is 62.9 Å². The van der Waals surface area contributed by atoms with Gasteiger partial charge in [0.05, 0.1) is 16.8 Å². The zero-order chi connectivity index (χ0) is 20.8. The van der Waals surface area contributed by atoms with Crippen LogP contribution in [0.2, 0.25) is 15.1 Å². The van der Waals surface area contributed by atoms with Crippen molar-refractivity contribution in [2.45, 2.75) is 6.61 Å². The Hall–Kier alpha value is -2.05. The molecule has 29 heavy (non-hydrogen) atoms. The summed E-state index contributed by atoms with van der Waals surface area (Å²) in [5, 5.41) is 5.38. The minimum atomic E-state index is -0.443. The van der Waals surface area contributed by atoms with Crippen LogP contribution < -0.4 is 10.2 Å². The van der Waals surface area contributed by atoms with Crippen LogP contribution in [0.3, 0.4) is 0 Å². The predicted molar refractivity (Wildman–Crippen MR) is 121 cm³/mol. The van der Waals surface area contributed by atoms with Crippen molar-refractivity contribution in [3.8, 4) is 5.75 Å². The Balaban J connectivity index is 1.70. The standard InChI is InChI=1S/C21H14BrCl3N2O2/c22-15-3-8-20(29-12-13-1-4-16(23)5-2-13)14(9-15)11-26-27-21(28)18-7-6-17(24)10-19(18)25/h1-11H,12H2,(H,27,28)/b26-11-. The molecule has 0 unspecified atom stereocenters. The van der Waals surface area contributed by atoms with Gasteiger partial charge in [0.2, 0.25) is 0 Å². The minimum Gasteiger partial charge on any atom is -0.488 e. The van der Waals surface area contributed by atoms with Gasteiger partial charge < -0.3 is 4.74 Å². The van der Waals surface area contributed by atoms with E-state index in [0.717, 1.165) is 10.0 Å². The van der Waals surface area contributed by atoms with E-state index in [1.807, 2.05) is 42.5 Å². The Morgan fingerprint density at radius 1 is 1.00 bits per heavy atom. The third-order valence-corrected chi connectivity index (χ3v) is 5.12. The smallest absolute Gasteiger partial charge is 0.272 e. The van der Waals surface area contributed by atoms with Crippen LogP contribution in [0, 0.1) is 0 Å². The number of nitrogens with one attached hydrogen (secondary N) is 1. The number of carbonyl (C=O) groups is 1. The lowest BCUT2D eigenvalue weighted by molar-refractivity contribution is 0.0955. The highest BCUT2D eigenvalue weighted by Crippen LogP contribution is 2.24. The molecule has 3 aromatic rings. The lowest BCUT2D eigenvalue weighted by atomic mass is 10.2. The van der Waals surface area contributed by atoms with E-state index in [0.29, 0.717) is 28.0 Å². The van der Waals surface area contributed by atoms with E-state index in [-0.39, 0.29) is 10.6 Å². The van der Waals surface area contributed by atoms with Crippen molar-refractivity contribution in [3.05, 3.63) is 96.9 Å². The van der Waals surface area contributed by atoms with Crippen molar-refractivity contribution in [2.75, 3.05) is 0 Å². The first-order valence-electron chi connectivity index (χ1n) is 8.37. The molecule has 0 aliphatic heterocycles. The Labute approximate surface area is 191 Å². The molecule has 0 fully saturated rings. The van der Waals surface area contributed by atoms with Crippen molar-refractivity contribution in [3.63, 3.8) is 0 Å². The number of hydrogen-bond donors (Lipinski definition) is 1. The van der Waals surface area contributed by atoms with Crippen LogP contribution in [0.25, 0.3) is 0 Å². The third-order valence-electron chi connectivity index (χ3n) is 3.82. The number of halogens is 4. The zero-order valence-corrected chi connectivity index (χ0v) is 18.7. The highest BCUT2D eigenvalue weighted by Gasteiger charge is 2.10. The van der Waals surface area contributed by atoms with Gasteiger partial charge in [0.1, 0.15) is 12.4 Å². The predicted octanol–water partition coefficient (Wildman–Crippen LogP) is 6.75. The fourth-order valence-corrected chi connectivity index (χ4v) is 3.39. The summed E-state index contributed by atoms with van der Waals surface area (Å²) in [6, 6.07) is 17.5. The van der Waals surface area contributed by atoms with E-state index in [2.05, 4.69) is 26.5 Å². The van der Waals surface area contributed by atoms with E-state index in [9.17, 15) is 4.79 Å². The van der Waals surface area contributed by atoms with E-state index < -0.39 is 5.91 Å². The van der Waals surface area contributed by atoms with E-state index >= 15 is 0 Å². The Morgan fingerprint density at radius 2 is 1.72 bits per heavy atom. The van der Waals surface area contributed by atoms with Crippen LogP contribution in [-0.2, 0) is 6.61 Å². The Morgan fingerprint density at radius 3 is 2.45 bits per heavy atom. The minimum absolute atomic E-state index is 0.250. The zero-order valence-electron chi connectivity index (χ0n) is 14.8. The number of carbonyl (C=O) groups excluding carboxylic acids is 1. The van der Waals surface area contributed by atoms with Crippen molar-refractivity contribution in [1.82, 2.24) is 5.43 Å². The maximum atomic E-state index is 12.3. The number of ether oxygens (including phenoxy) is 1. The summed E-state index contributed by atoms with van der Waals surface area (Å²) in [6.07, 6.45) is 1.50. The molecule has 0 heterocycles. The van der Waals surface area contributed by atoms with Gasteiger partial charge in [0.25, 0.3) is 5.91 Å². The van der Waals surface area contributed by atoms with Crippen LogP contribution in [0.4, 0.5) is 0 Å². The molecule has 0 aliphatic rings. The normalized spacial score (nSPS) is 10.9. The van der Waals surface area contributed by atoms with E-state index in [4.69, 9.17) is 39.5 Å². The van der Waals surface area contributed by atoms with Crippen LogP contribution in [0.5, 0.6) is 5.75 Å². The molecule has 0 bridgehead atoms. The van der Waals surface area contributed by atoms with Gasteiger partial charge in [-0.2, -0.15) is 5.10 Å². The fourth-order valence-electron chi connectivity index (χ4n) is 2.39. The highest BCUT2D eigenvalue weighted by atomic mass is 79.9. The number of amides is 1. The molecule has 3 aromatic carbocycles. The molecule has 0 saturated heterocycles. The number of nitrogens with zero attached hydrogens (tertiary/aromatic N) is 1. The second-order valence-electron chi connectivity index (χ2n) is 5.92. The third kappa shape index (κ3) is 6.21. The molecule has 8 heteroatoms. The largest absolute Gasteiger partial charge is 0.488 e. The lowest BCUT2D eigenvalue weighted by Gasteiger charge is -2.10. The first kappa shape index (κ1) is 21.7. The van der Waals surface area contributed by atoms with Gasteiger partial charge in [-0.25, -0.2) is 5.43 Å². The summed E-state index contributed by atoms with van der Waals surface area (Å²) in [7, 11) is 0.